The number of hydrogen-bond acceptors (Lipinski definition) is 4. The number of aromatic nitrogens is 1. The first-order valence-corrected chi connectivity index (χ1v) is 6.94. The lowest BCUT2D eigenvalue weighted by molar-refractivity contribution is 0.350. The summed E-state index contributed by atoms with van der Waals surface area (Å²) in [5.74, 6) is 0.570. The largest absolute Gasteiger partial charge is 0.432 e. The molecule has 19 heavy (non-hydrogen) atoms. The standard InChI is InChI=1S/C14H13ClN2OS/c1-14(2,3)13-17-11(8-16)12(18-13)19-10-6-4-9(15)5-7-10/h4-7H,1-3H3. The zero-order valence-corrected chi connectivity index (χ0v) is 12.5. The minimum atomic E-state index is -0.218. The molecule has 1 aromatic carbocycles. The van der Waals surface area contributed by atoms with Crippen molar-refractivity contribution in [3.8, 4) is 6.07 Å². The fourth-order valence-electron chi connectivity index (χ4n) is 1.38. The first-order valence-electron chi connectivity index (χ1n) is 5.75. The minimum Gasteiger partial charge on any atom is -0.432 e. The summed E-state index contributed by atoms with van der Waals surface area (Å²) >= 11 is 7.21. The molecule has 5 heteroatoms. The van der Waals surface area contributed by atoms with Gasteiger partial charge in [0.1, 0.15) is 6.07 Å². The van der Waals surface area contributed by atoms with Gasteiger partial charge in [0.2, 0.25) is 11.0 Å². The number of oxazole rings is 1. The molecule has 2 rings (SSSR count). The smallest absolute Gasteiger partial charge is 0.203 e. The monoisotopic (exact) mass is 292 g/mol. The van der Waals surface area contributed by atoms with Gasteiger partial charge in [0.05, 0.1) is 0 Å². The van der Waals surface area contributed by atoms with Crippen molar-refractivity contribution < 1.29 is 4.42 Å². The molecule has 0 spiro atoms. The first-order chi connectivity index (χ1) is 8.90. The molecule has 0 saturated carbocycles. The van der Waals surface area contributed by atoms with E-state index in [2.05, 4.69) is 11.1 Å². The van der Waals surface area contributed by atoms with Crippen molar-refractivity contribution in [2.45, 2.75) is 36.2 Å². The average molecular weight is 293 g/mol. The third-order valence-corrected chi connectivity index (χ3v) is 3.59. The molecule has 0 aliphatic carbocycles. The van der Waals surface area contributed by atoms with Crippen molar-refractivity contribution in [1.82, 2.24) is 4.98 Å². The van der Waals surface area contributed by atoms with Gasteiger partial charge in [-0.15, -0.1) is 0 Å². The van der Waals surface area contributed by atoms with Crippen molar-refractivity contribution in [2.24, 2.45) is 0 Å². The Morgan fingerprint density at radius 1 is 1.26 bits per heavy atom. The van der Waals surface area contributed by atoms with Gasteiger partial charge in [-0.3, -0.25) is 0 Å². The van der Waals surface area contributed by atoms with E-state index < -0.39 is 0 Å². The Morgan fingerprint density at radius 2 is 1.89 bits per heavy atom. The van der Waals surface area contributed by atoms with E-state index in [1.54, 1.807) is 12.1 Å². The van der Waals surface area contributed by atoms with Crippen LogP contribution in [0.3, 0.4) is 0 Å². The number of hydrogen-bond donors (Lipinski definition) is 0. The third kappa shape index (κ3) is 3.31. The van der Waals surface area contributed by atoms with Crippen molar-refractivity contribution in [1.29, 1.82) is 5.26 Å². The second kappa shape index (κ2) is 5.28. The van der Waals surface area contributed by atoms with Crippen LogP contribution in [-0.2, 0) is 5.41 Å². The van der Waals surface area contributed by atoms with Gasteiger partial charge in [-0.2, -0.15) is 5.26 Å². The molecule has 0 aliphatic rings. The molecule has 0 bridgehead atoms. The molecule has 0 atom stereocenters. The quantitative estimate of drug-likeness (QED) is 0.808. The number of halogens is 1. The lowest BCUT2D eigenvalue weighted by atomic mass is 9.97. The SMILES string of the molecule is CC(C)(C)c1nc(C#N)c(Sc2ccc(Cl)cc2)o1. The van der Waals surface area contributed by atoms with E-state index >= 15 is 0 Å². The topological polar surface area (TPSA) is 49.8 Å². The van der Waals surface area contributed by atoms with E-state index in [1.807, 2.05) is 32.9 Å². The second-order valence-corrected chi connectivity index (χ2v) is 6.56. The highest BCUT2D eigenvalue weighted by atomic mass is 35.5. The van der Waals surface area contributed by atoms with Gasteiger partial charge in [-0.25, -0.2) is 4.98 Å². The number of benzene rings is 1. The summed E-state index contributed by atoms with van der Waals surface area (Å²) in [6, 6.07) is 9.44. The van der Waals surface area contributed by atoms with Gasteiger partial charge in [0.15, 0.2) is 5.69 Å². The molecule has 0 fully saturated rings. The van der Waals surface area contributed by atoms with Gasteiger partial charge in [-0.05, 0) is 36.0 Å². The predicted octanol–water partition coefficient (Wildman–Crippen LogP) is 4.65. The van der Waals surface area contributed by atoms with Gasteiger partial charge >= 0.3 is 0 Å². The Morgan fingerprint density at radius 3 is 2.42 bits per heavy atom. The molecule has 0 unspecified atom stereocenters. The van der Waals surface area contributed by atoms with Gasteiger partial charge in [-0.1, -0.05) is 32.4 Å². The van der Waals surface area contributed by atoms with Crippen LogP contribution < -0.4 is 0 Å². The van der Waals surface area contributed by atoms with Crippen molar-refractivity contribution in [3.63, 3.8) is 0 Å². The number of nitriles is 1. The van der Waals surface area contributed by atoms with Crippen LogP contribution >= 0.6 is 23.4 Å². The Hall–Kier alpha value is -1.44. The summed E-state index contributed by atoms with van der Waals surface area (Å²) in [7, 11) is 0. The molecule has 1 heterocycles. The third-order valence-electron chi connectivity index (χ3n) is 2.37. The minimum absolute atomic E-state index is 0.218. The number of nitrogens with zero attached hydrogens (tertiary/aromatic N) is 2. The van der Waals surface area contributed by atoms with Crippen molar-refractivity contribution in [3.05, 3.63) is 40.9 Å². The molecule has 0 amide bonds. The van der Waals surface area contributed by atoms with Gasteiger partial charge in [0, 0.05) is 15.3 Å². The van der Waals surface area contributed by atoms with E-state index in [4.69, 9.17) is 21.3 Å². The van der Waals surface area contributed by atoms with E-state index in [-0.39, 0.29) is 5.41 Å². The van der Waals surface area contributed by atoms with Gasteiger partial charge in [0.25, 0.3) is 0 Å². The van der Waals surface area contributed by atoms with Crippen LogP contribution in [0.5, 0.6) is 0 Å². The molecule has 98 valence electrons. The van der Waals surface area contributed by atoms with Crippen LogP contribution in [0.4, 0.5) is 0 Å². The highest BCUT2D eigenvalue weighted by Gasteiger charge is 2.24. The molecule has 0 N–H and O–H groups in total. The summed E-state index contributed by atoms with van der Waals surface area (Å²) < 4.78 is 5.70. The van der Waals surface area contributed by atoms with E-state index in [0.717, 1.165) is 4.90 Å². The van der Waals surface area contributed by atoms with Crippen LogP contribution in [-0.4, -0.2) is 4.98 Å². The summed E-state index contributed by atoms with van der Waals surface area (Å²) in [6.07, 6.45) is 0. The lowest BCUT2D eigenvalue weighted by Crippen LogP contribution is -2.11. The highest BCUT2D eigenvalue weighted by Crippen LogP contribution is 2.34. The Kier molecular flexibility index (Phi) is 3.88. The normalized spacial score (nSPS) is 11.3. The second-order valence-electron chi connectivity index (χ2n) is 5.07. The van der Waals surface area contributed by atoms with Crippen LogP contribution in [0.25, 0.3) is 0 Å². The van der Waals surface area contributed by atoms with E-state index in [1.165, 1.54) is 11.8 Å². The maximum atomic E-state index is 9.11. The maximum Gasteiger partial charge on any atom is 0.203 e. The Balaban J connectivity index is 2.32. The molecule has 0 saturated heterocycles. The average Bonchev–Trinajstić information content (AvgIpc) is 2.75. The van der Waals surface area contributed by atoms with Crippen LogP contribution in [0.15, 0.2) is 38.7 Å². The van der Waals surface area contributed by atoms with Crippen LogP contribution in [0.1, 0.15) is 32.4 Å². The lowest BCUT2D eigenvalue weighted by Gasteiger charge is -2.11. The molecule has 2 aromatic rings. The zero-order valence-electron chi connectivity index (χ0n) is 10.9. The summed E-state index contributed by atoms with van der Waals surface area (Å²) in [5.41, 5.74) is 0.106. The Bertz CT molecular complexity index is 620. The molecular weight excluding hydrogens is 280 g/mol. The highest BCUT2D eigenvalue weighted by molar-refractivity contribution is 7.99. The predicted molar refractivity (Wildman–Crippen MR) is 75.5 cm³/mol. The molecule has 1 aromatic heterocycles. The van der Waals surface area contributed by atoms with Crippen molar-refractivity contribution in [2.75, 3.05) is 0 Å². The fraction of sp³-hybridized carbons (Fsp3) is 0.286. The molecule has 0 aliphatic heterocycles. The van der Waals surface area contributed by atoms with E-state index in [9.17, 15) is 0 Å². The summed E-state index contributed by atoms with van der Waals surface area (Å²) in [5, 5.41) is 10.3. The molecule has 0 radical (unpaired) electrons. The van der Waals surface area contributed by atoms with Crippen LogP contribution in [0.2, 0.25) is 5.02 Å². The summed E-state index contributed by atoms with van der Waals surface area (Å²) in [4.78, 5) is 5.20. The Labute approximate surface area is 121 Å². The molecular formula is C14H13ClN2OS. The fourth-order valence-corrected chi connectivity index (χ4v) is 2.30. The van der Waals surface area contributed by atoms with Gasteiger partial charge < -0.3 is 4.42 Å². The number of rotatable bonds is 2. The first kappa shape index (κ1) is 14.0. The zero-order chi connectivity index (χ0) is 14.0. The maximum absolute atomic E-state index is 9.11. The van der Waals surface area contributed by atoms with E-state index in [0.29, 0.717) is 21.7 Å². The molecule has 3 nitrogen and oxygen atoms in total. The van der Waals surface area contributed by atoms with Crippen molar-refractivity contribution >= 4 is 23.4 Å². The van der Waals surface area contributed by atoms with Crippen LogP contribution in [0, 0.1) is 11.3 Å². The summed E-state index contributed by atoms with van der Waals surface area (Å²) in [6.45, 7) is 5.99.